The number of hydrogen-bond donors (Lipinski definition) is 1. The topological polar surface area (TPSA) is 67.2 Å². The van der Waals surface area contributed by atoms with E-state index in [-0.39, 0.29) is 17.7 Å². The van der Waals surface area contributed by atoms with E-state index >= 15 is 0 Å². The Bertz CT molecular complexity index is 918. The van der Waals surface area contributed by atoms with Crippen molar-refractivity contribution in [3.8, 4) is 0 Å². The summed E-state index contributed by atoms with van der Waals surface area (Å²) in [6.07, 6.45) is 7.70. The lowest BCUT2D eigenvalue weighted by molar-refractivity contribution is -0.121. The quantitative estimate of drug-likeness (QED) is 0.756. The second-order valence-electron chi connectivity index (χ2n) is 8.80. The van der Waals surface area contributed by atoms with Gasteiger partial charge in [-0.3, -0.25) is 9.59 Å². The zero-order chi connectivity index (χ0) is 21.3. The van der Waals surface area contributed by atoms with Crippen LogP contribution in [-0.2, 0) is 4.79 Å². The van der Waals surface area contributed by atoms with Crippen molar-refractivity contribution in [1.82, 2.24) is 14.5 Å². The molecule has 0 unspecified atom stereocenters. The van der Waals surface area contributed by atoms with E-state index in [0.717, 1.165) is 17.0 Å². The summed E-state index contributed by atoms with van der Waals surface area (Å²) in [5.41, 5.74) is 4.04. The summed E-state index contributed by atoms with van der Waals surface area (Å²) in [5, 5.41) is 5.52. The van der Waals surface area contributed by atoms with Crippen molar-refractivity contribution in [1.29, 1.82) is 0 Å². The normalized spacial score (nSPS) is 18.6. The van der Waals surface area contributed by atoms with Gasteiger partial charge in [0, 0.05) is 41.8 Å². The van der Waals surface area contributed by atoms with Crippen LogP contribution in [0.25, 0.3) is 0 Å². The zero-order valence-electron chi connectivity index (χ0n) is 18.2. The third-order valence-corrected chi connectivity index (χ3v) is 7.53. The minimum atomic E-state index is -0.0621. The van der Waals surface area contributed by atoms with E-state index in [1.807, 2.05) is 17.2 Å². The minimum absolute atomic E-state index is 0.0203. The maximum atomic E-state index is 13.2. The van der Waals surface area contributed by atoms with Gasteiger partial charge < -0.3 is 14.8 Å². The Morgan fingerprint density at radius 3 is 2.40 bits per heavy atom. The lowest BCUT2D eigenvalue weighted by Gasteiger charge is -2.31. The zero-order valence-corrected chi connectivity index (χ0v) is 19.1. The molecule has 2 fully saturated rings. The Morgan fingerprint density at radius 2 is 1.77 bits per heavy atom. The standard InChI is InChI=1S/C23H32N4O2S/c1-15-14-30-23(24-15)25-21(28)18-9-11-26(12-10-18)22(29)20-13-16(2)27(17(20)3)19-7-5-4-6-8-19/h13-14,18-19H,4-12H2,1-3H3,(H,24,25,28). The smallest absolute Gasteiger partial charge is 0.255 e. The average Bonchev–Trinajstić information content (AvgIpc) is 3.30. The summed E-state index contributed by atoms with van der Waals surface area (Å²) in [5.74, 6) is 0.0689. The second-order valence-corrected chi connectivity index (χ2v) is 9.65. The number of rotatable bonds is 4. The first-order valence-corrected chi connectivity index (χ1v) is 12.0. The van der Waals surface area contributed by atoms with Crippen molar-refractivity contribution in [3.63, 3.8) is 0 Å². The lowest BCUT2D eigenvalue weighted by Crippen LogP contribution is -2.41. The molecule has 1 aliphatic heterocycles. The number of anilines is 1. The summed E-state index contributed by atoms with van der Waals surface area (Å²) < 4.78 is 2.39. The summed E-state index contributed by atoms with van der Waals surface area (Å²) in [7, 11) is 0. The number of likely N-dealkylation sites (tertiary alicyclic amines) is 1. The summed E-state index contributed by atoms with van der Waals surface area (Å²) in [6, 6.07) is 2.60. The number of thiazole rings is 1. The van der Waals surface area contributed by atoms with E-state index < -0.39 is 0 Å². The number of piperidine rings is 1. The van der Waals surface area contributed by atoms with Crippen LogP contribution in [0.4, 0.5) is 5.13 Å². The van der Waals surface area contributed by atoms with E-state index in [4.69, 9.17) is 0 Å². The minimum Gasteiger partial charge on any atom is -0.345 e. The first kappa shape index (κ1) is 21.1. The fourth-order valence-corrected chi connectivity index (χ4v) is 5.72. The number of nitrogens with one attached hydrogen (secondary N) is 1. The van der Waals surface area contributed by atoms with Gasteiger partial charge in [-0.1, -0.05) is 19.3 Å². The third-order valence-electron chi connectivity index (χ3n) is 6.66. The van der Waals surface area contributed by atoms with Crippen LogP contribution in [0.1, 0.15) is 78.4 Å². The highest BCUT2D eigenvalue weighted by Crippen LogP contribution is 2.33. The molecule has 1 saturated carbocycles. The highest BCUT2D eigenvalue weighted by molar-refractivity contribution is 7.13. The molecule has 6 nitrogen and oxygen atoms in total. The van der Waals surface area contributed by atoms with Crippen LogP contribution in [0.5, 0.6) is 0 Å². The van der Waals surface area contributed by atoms with Crippen molar-refractivity contribution in [3.05, 3.63) is 34.1 Å². The molecule has 7 heteroatoms. The van der Waals surface area contributed by atoms with Crippen LogP contribution in [0.3, 0.4) is 0 Å². The number of aryl methyl sites for hydroxylation is 2. The van der Waals surface area contributed by atoms with Gasteiger partial charge in [0.1, 0.15) is 0 Å². The van der Waals surface area contributed by atoms with Crippen LogP contribution in [0.2, 0.25) is 0 Å². The molecule has 2 aromatic rings. The molecule has 4 rings (SSSR count). The highest BCUT2D eigenvalue weighted by Gasteiger charge is 2.30. The largest absolute Gasteiger partial charge is 0.345 e. The van der Waals surface area contributed by atoms with Gasteiger partial charge in [0.25, 0.3) is 5.91 Å². The van der Waals surface area contributed by atoms with E-state index in [0.29, 0.717) is 37.1 Å². The first-order chi connectivity index (χ1) is 14.4. The molecule has 162 valence electrons. The molecule has 0 radical (unpaired) electrons. The highest BCUT2D eigenvalue weighted by atomic mass is 32.1. The summed E-state index contributed by atoms with van der Waals surface area (Å²) in [6.45, 7) is 7.38. The van der Waals surface area contributed by atoms with Crippen LogP contribution in [0.15, 0.2) is 11.4 Å². The number of nitrogens with zero attached hydrogens (tertiary/aromatic N) is 3. The number of hydrogen-bond acceptors (Lipinski definition) is 4. The van der Waals surface area contributed by atoms with Crippen LogP contribution in [-0.4, -0.2) is 39.4 Å². The van der Waals surface area contributed by atoms with E-state index in [1.165, 1.54) is 49.1 Å². The predicted molar refractivity (Wildman–Crippen MR) is 120 cm³/mol. The molecule has 2 amide bonds. The molecule has 0 atom stereocenters. The molecular weight excluding hydrogens is 396 g/mol. The monoisotopic (exact) mass is 428 g/mol. The molecule has 1 N–H and O–H groups in total. The van der Waals surface area contributed by atoms with Gasteiger partial charge in [-0.25, -0.2) is 4.98 Å². The van der Waals surface area contributed by atoms with Crippen molar-refractivity contribution in [2.24, 2.45) is 5.92 Å². The molecule has 3 heterocycles. The van der Waals surface area contributed by atoms with E-state index in [1.54, 1.807) is 0 Å². The van der Waals surface area contributed by atoms with Gasteiger partial charge in [0.15, 0.2) is 5.13 Å². The molecule has 30 heavy (non-hydrogen) atoms. The van der Waals surface area contributed by atoms with Gasteiger partial charge in [-0.15, -0.1) is 11.3 Å². The second kappa shape index (κ2) is 8.92. The van der Waals surface area contributed by atoms with E-state index in [9.17, 15) is 9.59 Å². The van der Waals surface area contributed by atoms with Crippen LogP contribution < -0.4 is 5.32 Å². The molecule has 1 aliphatic carbocycles. The van der Waals surface area contributed by atoms with Crippen molar-refractivity contribution >= 4 is 28.3 Å². The van der Waals surface area contributed by atoms with Crippen LogP contribution in [0, 0.1) is 26.7 Å². The average molecular weight is 429 g/mol. The lowest BCUT2D eigenvalue weighted by atomic mass is 9.95. The van der Waals surface area contributed by atoms with Crippen molar-refractivity contribution in [2.45, 2.75) is 71.8 Å². The van der Waals surface area contributed by atoms with Gasteiger partial charge >= 0.3 is 0 Å². The number of carbonyl (C=O) groups is 2. The summed E-state index contributed by atoms with van der Waals surface area (Å²) in [4.78, 5) is 32.0. The summed E-state index contributed by atoms with van der Waals surface area (Å²) >= 11 is 1.45. The maximum Gasteiger partial charge on any atom is 0.255 e. The molecular formula is C23H32N4O2S. The molecule has 2 aromatic heterocycles. The maximum absolute atomic E-state index is 13.2. The van der Waals surface area contributed by atoms with Gasteiger partial charge in [0.05, 0.1) is 11.3 Å². The molecule has 0 bridgehead atoms. The third kappa shape index (κ3) is 4.31. The van der Waals surface area contributed by atoms with Crippen molar-refractivity contribution in [2.75, 3.05) is 18.4 Å². The SMILES string of the molecule is Cc1csc(NC(=O)C2CCN(C(=O)c3cc(C)n(C4CCCCC4)c3C)CC2)n1. The first-order valence-electron chi connectivity index (χ1n) is 11.1. The van der Waals surface area contributed by atoms with Gasteiger partial charge in [0.2, 0.25) is 5.91 Å². The van der Waals surface area contributed by atoms with Crippen LogP contribution >= 0.6 is 11.3 Å². The molecule has 2 aliphatic rings. The van der Waals surface area contributed by atoms with E-state index in [2.05, 4.69) is 34.8 Å². The Labute approximate surface area is 182 Å². The number of amides is 2. The van der Waals surface area contributed by atoms with Crippen molar-refractivity contribution < 1.29 is 9.59 Å². The molecule has 0 spiro atoms. The Morgan fingerprint density at radius 1 is 1.07 bits per heavy atom. The molecule has 1 saturated heterocycles. The Balaban J connectivity index is 1.38. The van der Waals surface area contributed by atoms with Gasteiger partial charge in [-0.05, 0) is 52.5 Å². The number of aromatic nitrogens is 2. The molecule has 0 aromatic carbocycles. The fraction of sp³-hybridized carbons (Fsp3) is 0.609. The Hall–Kier alpha value is -2.15. The predicted octanol–water partition coefficient (Wildman–Crippen LogP) is 4.87. The van der Waals surface area contributed by atoms with Gasteiger partial charge in [-0.2, -0.15) is 0 Å². The fourth-order valence-electron chi connectivity index (χ4n) is 5.03. The number of carbonyl (C=O) groups excluding carboxylic acids is 2. The Kier molecular flexibility index (Phi) is 6.27.